The molecule has 0 aromatic carbocycles. The zero-order valence-electron chi connectivity index (χ0n) is 11.5. The second kappa shape index (κ2) is 8.31. The molecule has 0 aliphatic rings. The number of hydrogen-bond donors (Lipinski definition) is 1. The summed E-state index contributed by atoms with van der Waals surface area (Å²) in [7, 11) is 1.56. The molecule has 0 radical (unpaired) electrons. The van der Waals surface area contributed by atoms with E-state index in [-0.39, 0.29) is 37.3 Å². The molecule has 0 saturated heterocycles. The van der Waals surface area contributed by atoms with Gasteiger partial charge in [-0.2, -0.15) is 0 Å². The molecular weight excluding hydrogens is 280 g/mol. The van der Waals surface area contributed by atoms with Gasteiger partial charge >= 0.3 is 5.97 Å². The Balaban J connectivity index is 2.28. The predicted octanol–water partition coefficient (Wildman–Crippen LogP) is 0.890. The van der Waals surface area contributed by atoms with Gasteiger partial charge in [0.1, 0.15) is 0 Å². The van der Waals surface area contributed by atoms with Gasteiger partial charge in [-0.15, -0.1) is 11.3 Å². The van der Waals surface area contributed by atoms with E-state index in [1.54, 1.807) is 31.5 Å². The van der Waals surface area contributed by atoms with Crippen molar-refractivity contribution in [3.63, 3.8) is 0 Å². The summed E-state index contributed by atoms with van der Waals surface area (Å²) in [5.74, 6) is -0.849. The summed E-state index contributed by atoms with van der Waals surface area (Å²) >= 11 is 1.33. The second-order valence-corrected chi connectivity index (χ2v) is 4.99. The summed E-state index contributed by atoms with van der Waals surface area (Å²) in [4.78, 5) is 36.5. The first-order chi connectivity index (χ1) is 9.54. The predicted molar refractivity (Wildman–Crippen MR) is 75.5 cm³/mol. The highest BCUT2D eigenvalue weighted by Gasteiger charge is 2.15. The molecule has 1 aromatic heterocycles. The fourth-order valence-electron chi connectivity index (χ4n) is 1.47. The van der Waals surface area contributed by atoms with Gasteiger partial charge in [0.2, 0.25) is 5.91 Å². The van der Waals surface area contributed by atoms with Crippen LogP contribution >= 0.6 is 11.3 Å². The fourth-order valence-corrected chi connectivity index (χ4v) is 2.19. The summed E-state index contributed by atoms with van der Waals surface area (Å²) < 4.78 is 4.74. The van der Waals surface area contributed by atoms with E-state index >= 15 is 0 Å². The standard InChI is InChI=1S/C13H18N2O4S/c1-3-19-12(17)6-7-14-11(16)9-15(2)13(18)10-5-4-8-20-10/h4-5,8H,3,6-7,9H2,1-2H3,(H,14,16). The Hall–Kier alpha value is -1.89. The van der Waals surface area contributed by atoms with Crippen LogP contribution in [0.1, 0.15) is 23.0 Å². The molecule has 20 heavy (non-hydrogen) atoms. The van der Waals surface area contributed by atoms with Crippen LogP contribution in [0.15, 0.2) is 17.5 Å². The summed E-state index contributed by atoms with van der Waals surface area (Å²) in [5, 5.41) is 4.38. The first kappa shape index (κ1) is 16.2. The Kier molecular flexibility index (Phi) is 6.72. The van der Waals surface area contributed by atoms with Gasteiger partial charge in [-0.05, 0) is 18.4 Å². The smallest absolute Gasteiger partial charge is 0.307 e. The van der Waals surface area contributed by atoms with Crippen molar-refractivity contribution in [3.05, 3.63) is 22.4 Å². The maximum Gasteiger partial charge on any atom is 0.307 e. The van der Waals surface area contributed by atoms with Crippen LogP contribution in [-0.4, -0.2) is 49.4 Å². The summed E-state index contributed by atoms with van der Waals surface area (Å²) in [5.41, 5.74) is 0. The lowest BCUT2D eigenvalue weighted by Crippen LogP contribution is -2.38. The number of nitrogens with zero attached hydrogens (tertiary/aromatic N) is 1. The molecule has 2 amide bonds. The molecule has 0 spiro atoms. The van der Waals surface area contributed by atoms with Crippen molar-refractivity contribution in [3.8, 4) is 0 Å². The molecule has 1 aromatic rings. The van der Waals surface area contributed by atoms with Crippen LogP contribution in [-0.2, 0) is 14.3 Å². The van der Waals surface area contributed by atoms with Crippen LogP contribution < -0.4 is 5.32 Å². The molecule has 6 nitrogen and oxygen atoms in total. The molecule has 0 unspecified atom stereocenters. The number of thiophene rings is 1. The minimum atomic E-state index is -0.351. The van der Waals surface area contributed by atoms with Gasteiger partial charge in [-0.3, -0.25) is 14.4 Å². The van der Waals surface area contributed by atoms with Crippen LogP contribution in [0.5, 0.6) is 0 Å². The lowest BCUT2D eigenvalue weighted by atomic mass is 10.4. The van der Waals surface area contributed by atoms with Gasteiger partial charge in [-0.25, -0.2) is 0 Å². The molecule has 7 heteroatoms. The van der Waals surface area contributed by atoms with E-state index in [4.69, 9.17) is 4.74 Å². The average molecular weight is 298 g/mol. The largest absolute Gasteiger partial charge is 0.466 e. The van der Waals surface area contributed by atoms with Crippen molar-refractivity contribution in [2.45, 2.75) is 13.3 Å². The average Bonchev–Trinajstić information content (AvgIpc) is 2.91. The van der Waals surface area contributed by atoms with Crippen LogP contribution in [0.3, 0.4) is 0 Å². The molecule has 0 bridgehead atoms. The van der Waals surface area contributed by atoms with Gasteiger partial charge in [0.15, 0.2) is 0 Å². The number of nitrogens with one attached hydrogen (secondary N) is 1. The third-order valence-electron chi connectivity index (χ3n) is 2.42. The van der Waals surface area contributed by atoms with E-state index in [1.807, 2.05) is 0 Å². The summed E-state index contributed by atoms with van der Waals surface area (Å²) in [6, 6.07) is 3.49. The number of ether oxygens (including phenoxy) is 1. The number of carbonyl (C=O) groups is 3. The van der Waals surface area contributed by atoms with Crippen molar-refractivity contribution in [2.24, 2.45) is 0 Å². The Morgan fingerprint density at radius 1 is 1.40 bits per heavy atom. The summed E-state index contributed by atoms with van der Waals surface area (Å²) in [6.07, 6.45) is 0.127. The van der Waals surface area contributed by atoms with Gasteiger partial charge in [0.05, 0.1) is 24.4 Å². The van der Waals surface area contributed by atoms with Crippen LogP contribution in [0, 0.1) is 0 Å². The Morgan fingerprint density at radius 3 is 2.75 bits per heavy atom. The van der Waals surface area contributed by atoms with Crippen molar-refractivity contribution in [1.82, 2.24) is 10.2 Å². The molecular formula is C13H18N2O4S. The Labute approximate surface area is 121 Å². The fraction of sp³-hybridized carbons (Fsp3) is 0.462. The van der Waals surface area contributed by atoms with Gasteiger partial charge < -0.3 is 15.0 Å². The maximum atomic E-state index is 11.9. The maximum absolute atomic E-state index is 11.9. The van der Waals surface area contributed by atoms with Crippen LogP contribution in [0.25, 0.3) is 0 Å². The van der Waals surface area contributed by atoms with Crippen molar-refractivity contribution in [1.29, 1.82) is 0 Å². The summed E-state index contributed by atoms with van der Waals surface area (Å²) in [6.45, 7) is 2.21. The molecule has 110 valence electrons. The quantitative estimate of drug-likeness (QED) is 0.759. The van der Waals surface area contributed by atoms with Gasteiger partial charge in [0.25, 0.3) is 5.91 Å². The van der Waals surface area contributed by atoms with Crippen molar-refractivity contribution in [2.75, 3.05) is 26.7 Å². The highest BCUT2D eigenvalue weighted by atomic mass is 32.1. The minimum absolute atomic E-state index is 0.0421. The Bertz CT molecular complexity index is 459. The van der Waals surface area contributed by atoms with E-state index in [1.165, 1.54) is 16.2 Å². The van der Waals surface area contributed by atoms with Crippen molar-refractivity contribution >= 4 is 29.1 Å². The SMILES string of the molecule is CCOC(=O)CCNC(=O)CN(C)C(=O)c1cccs1. The zero-order chi connectivity index (χ0) is 15.0. The first-order valence-electron chi connectivity index (χ1n) is 6.26. The number of amides is 2. The number of rotatable bonds is 7. The van der Waals surface area contributed by atoms with Crippen molar-refractivity contribution < 1.29 is 19.1 Å². The first-order valence-corrected chi connectivity index (χ1v) is 7.13. The molecule has 0 atom stereocenters. The van der Waals surface area contributed by atoms with E-state index in [9.17, 15) is 14.4 Å². The number of hydrogen-bond acceptors (Lipinski definition) is 5. The van der Waals surface area contributed by atoms with Crippen LogP contribution in [0.2, 0.25) is 0 Å². The van der Waals surface area contributed by atoms with E-state index in [0.717, 1.165) is 0 Å². The molecule has 1 rings (SSSR count). The molecule has 0 saturated carbocycles. The second-order valence-electron chi connectivity index (χ2n) is 4.04. The number of likely N-dealkylation sites (N-methyl/N-ethyl adjacent to an activating group) is 1. The van der Waals surface area contributed by atoms with E-state index < -0.39 is 0 Å². The lowest BCUT2D eigenvalue weighted by Gasteiger charge is -2.15. The van der Waals surface area contributed by atoms with Crippen LogP contribution in [0.4, 0.5) is 0 Å². The zero-order valence-corrected chi connectivity index (χ0v) is 12.4. The monoisotopic (exact) mass is 298 g/mol. The molecule has 0 fully saturated rings. The van der Waals surface area contributed by atoms with Gasteiger partial charge in [-0.1, -0.05) is 6.07 Å². The highest BCUT2D eigenvalue weighted by Crippen LogP contribution is 2.10. The molecule has 1 N–H and O–H groups in total. The normalized spacial score (nSPS) is 9.90. The van der Waals surface area contributed by atoms with Gasteiger partial charge in [0, 0.05) is 13.6 Å². The number of esters is 1. The molecule has 0 aliphatic carbocycles. The third-order valence-corrected chi connectivity index (χ3v) is 3.27. The highest BCUT2D eigenvalue weighted by molar-refractivity contribution is 7.12. The third kappa shape index (κ3) is 5.40. The minimum Gasteiger partial charge on any atom is -0.466 e. The molecule has 1 heterocycles. The lowest BCUT2D eigenvalue weighted by molar-refractivity contribution is -0.143. The van der Waals surface area contributed by atoms with E-state index in [2.05, 4.69) is 5.32 Å². The molecule has 0 aliphatic heterocycles. The number of carbonyl (C=O) groups excluding carboxylic acids is 3. The Morgan fingerprint density at radius 2 is 2.15 bits per heavy atom. The topological polar surface area (TPSA) is 75.7 Å². The van der Waals surface area contributed by atoms with E-state index in [0.29, 0.717) is 11.5 Å².